The smallest absolute Gasteiger partial charge is 0.210 e. The summed E-state index contributed by atoms with van der Waals surface area (Å²) in [7, 11) is 0. The van der Waals surface area contributed by atoms with Crippen LogP contribution in [0.5, 0.6) is 0 Å². The Balaban J connectivity index is 2.12. The van der Waals surface area contributed by atoms with Crippen molar-refractivity contribution in [2.24, 2.45) is 0 Å². The zero-order chi connectivity index (χ0) is 12.3. The molecule has 0 saturated carbocycles. The summed E-state index contributed by atoms with van der Waals surface area (Å²) in [5.41, 5.74) is 2.57. The Hall–Kier alpha value is -1.28. The fourth-order valence-electron chi connectivity index (χ4n) is 2.15. The zero-order valence-electron chi connectivity index (χ0n) is 9.90. The highest BCUT2D eigenvalue weighted by Gasteiger charge is 2.19. The molecule has 90 valence electrons. The van der Waals surface area contributed by atoms with Crippen LogP contribution in [-0.4, -0.2) is 23.9 Å². The molecule has 0 aliphatic carbocycles. The lowest BCUT2D eigenvalue weighted by Gasteiger charge is -2.30. The molecular weight excluding hydrogens is 234 g/mol. The summed E-state index contributed by atoms with van der Waals surface area (Å²) in [4.78, 5) is 12.9. The summed E-state index contributed by atoms with van der Waals surface area (Å²) < 4.78 is 0. The first-order valence-corrected chi connectivity index (χ1v) is 6.19. The molecule has 2 rings (SSSR count). The van der Waals surface area contributed by atoms with Crippen LogP contribution >= 0.6 is 11.6 Å². The van der Waals surface area contributed by atoms with Gasteiger partial charge in [-0.3, -0.25) is 4.79 Å². The molecule has 2 nitrogen and oxygen atoms in total. The average molecular weight is 250 g/mol. The molecule has 0 N–H and O–H groups in total. The molecule has 0 aromatic heterocycles. The minimum atomic E-state index is 0.183. The van der Waals surface area contributed by atoms with Crippen LogP contribution in [0.4, 0.5) is 0 Å². The number of hydrogen-bond donors (Lipinski definition) is 0. The van der Waals surface area contributed by atoms with Crippen molar-refractivity contribution in [2.45, 2.75) is 25.8 Å². The SMILES string of the molecule is CC1=CC(Cc2ccc(Cl)cc2)N(C=O)CC1. The molecule has 1 aliphatic heterocycles. The maximum Gasteiger partial charge on any atom is 0.210 e. The molecule has 0 spiro atoms. The van der Waals surface area contributed by atoms with Gasteiger partial charge in [0, 0.05) is 11.6 Å². The van der Waals surface area contributed by atoms with Gasteiger partial charge in [0.05, 0.1) is 6.04 Å². The standard InChI is InChI=1S/C14H16ClNO/c1-11-6-7-16(10-17)14(8-11)9-12-2-4-13(15)5-3-12/h2-5,8,10,14H,6-7,9H2,1H3. The van der Waals surface area contributed by atoms with Gasteiger partial charge in [-0.1, -0.05) is 35.4 Å². The largest absolute Gasteiger partial charge is 0.338 e. The lowest BCUT2D eigenvalue weighted by atomic mass is 9.98. The number of rotatable bonds is 3. The molecule has 1 heterocycles. The summed E-state index contributed by atoms with van der Waals surface area (Å²) in [5, 5.41) is 0.747. The van der Waals surface area contributed by atoms with Gasteiger partial charge in [0.15, 0.2) is 0 Å². The summed E-state index contributed by atoms with van der Waals surface area (Å²) >= 11 is 5.86. The molecule has 1 aliphatic rings. The van der Waals surface area contributed by atoms with Gasteiger partial charge in [0.1, 0.15) is 0 Å². The van der Waals surface area contributed by atoms with Gasteiger partial charge in [-0.2, -0.15) is 0 Å². The van der Waals surface area contributed by atoms with E-state index in [0.29, 0.717) is 0 Å². The predicted molar refractivity (Wildman–Crippen MR) is 70.1 cm³/mol. The van der Waals surface area contributed by atoms with Crippen LogP contribution in [0.1, 0.15) is 18.9 Å². The van der Waals surface area contributed by atoms with Crippen LogP contribution < -0.4 is 0 Å². The number of amides is 1. The van der Waals surface area contributed by atoms with Crippen molar-refractivity contribution in [3.63, 3.8) is 0 Å². The van der Waals surface area contributed by atoms with Gasteiger partial charge in [0.2, 0.25) is 6.41 Å². The number of carbonyl (C=O) groups excluding carboxylic acids is 1. The summed E-state index contributed by atoms with van der Waals surface area (Å²) in [6.45, 7) is 2.95. The van der Waals surface area contributed by atoms with Crippen LogP contribution in [0.15, 0.2) is 35.9 Å². The highest BCUT2D eigenvalue weighted by atomic mass is 35.5. The van der Waals surface area contributed by atoms with E-state index in [0.717, 1.165) is 30.8 Å². The highest BCUT2D eigenvalue weighted by Crippen LogP contribution is 2.19. The first-order valence-electron chi connectivity index (χ1n) is 5.82. The van der Waals surface area contributed by atoms with E-state index in [1.807, 2.05) is 29.2 Å². The number of nitrogens with zero attached hydrogens (tertiary/aromatic N) is 1. The van der Waals surface area contributed by atoms with Crippen molar-refractivity contribution in [1.82, 2.24) is 4.90 Å². The Morgan fingerprint density at radius 3 is 2.76 bits per heavy atom. The molecule has 0 radical (unpaired) electrons. The predicted octanol–water partition coefficient (Wildman–Crippen LogP) is 3.06. The molecule has 17 heavy (non-hydrogen) atoms. The third-order valence-corrected chi connectivity index (χ3v) is 3.41. The molecule has 1 aromatic rings. The summed E-state index contributed by atoms with van der Waals surface area (Å²) in [5.74, 6) is 0. The normalized spacial score (nSPS) is 20.0. The lowest BCUT2D eigenvalue weighted by Crippen LogP contribution is -2.38. The quantitative estimate of drug-likeness (QED) is 0.596. The van der Waals surface area contributed by atoms with Crippen molar-refractivity contribution >= 4 is 18.0 Å². The second kappa shape index (κ2) is 5.37. The number of carbonyl (C=O) groups is 1. The summed E-state index contributed by atoms with van der Waals surface area (Å²) in [6, 6.07) is 8.00. The molecule has 1 unspecified atom stereocenters. The Morgan fingerprint density at radius 2 is 2.12 bits per heavy atom. The van der Waals surface area contributed by atoms with Gasteiger partial charge in [0.25, 0.3) is 0 Å². The van der Waals surface area contributed by atoms with Gasteiger partial charge in [-0.25, -0.2) is 0 Å². The van der Waals surface area contributed by atoms with Crippen LogP contribution in [0.3, 0.4) is 0 Å². The van der Waals surface area contributed by atoms with E-state index >= 15 is 0 Å². The van der Waals surface area contributed by atoms with Crippen LogP contribution in [0, 0.1) is 0 Å². The Morgan fingerprint density at radius 1 is 1.41 bits per heavy atom. The van der Waals surface area contributed by atoms with Crippen molar-refractivity contribution in [2.75, 3.05) is 6.54 Å². The van der Waals surface area contributed by atoms with Crippen molar-refractivity contribution in [1.29, 1.82) is 0 Å². The molecule has 0 saturated heterocycles. The molecule has 1 amide bonds. The molecule has 3 heteroatoms. The number of halogens is 1. The van der Waals surface area contributed by atoms with E-state index in [9.17, 15) is 4.79 Å². The Bertz CT molecular complexity index is 424. The van der Waals surface area contributed by atoms with Crippen LogP contribution in [0.25, 0.3) is 0 Å². The molecule has 0 bridgehead atoms. The van der Waals surface area contributed by atoms with E-state index < -0.39 is 0 Å². The highest BCUT2D eigenvalue weighted by molar-refractivity contribution is 6.30. The Kier molecular flexibility index (Phi) is 3.85. The lowest BCUT2D eigenvalue weighted by molar-refractivity contribution is -0.119. The maximum atomic E-state index is 11.0. The zero-order valence-corrected chi connectivity index (χ0v) is 10.7. The minimum Gasteiger partial charge on any atom is -0.338 e. The summed E-state index contributed by atoms with van der Waals surface area (Å²) in [6.07, 6.45) is 4.97. The fraction of sp³-hybridized carbons (Fsp3) is 0.357. The monoisotopic (exact) mass is 249 g/mol. The van der Waals surface area contributed by atoms with E-state index in [2.05, 4.69) is 13.0 Å². The molecule has 1 atom stereocenters. The minimum absolute atomic E-state index is 0.183. The maximum absolute atomic E-state index is 11.0. The van der Waals surface area contributed by atoms with Crippen molar-refractivity contribution in [3.05, 3.63) is 46.5 Å². The molecular formula is C14H16ClNO. The van der Waals surface area contributed by atoms with E-state index in [-0.39, 0.29) is 6.04 Å². The first kappa shape index (κ1) is 12.2. The van der Waals surface area contributed by atoms with Crippen LogP contribution in [0.2, 0.25) is 5.02 Å². The Labute approximate surface area is 107 Å². The third kappa shape index (κ3) is 3.10. The number of hydrogen-bond acceptors (Lipinski definition) is 1. The van der Waals surface area contributed by atoms with E-state index in [4.69, 9.17) is 11.6 Å². The van der Waals surface area contributed by atoms with E-state index in [1.165, 1.54) is 11.1 Å². The van der Waals surface area contributed by atoms with Gasteiger partial charge >= 0.3 is 0 Å². The second-order valence-corrected chi connectivity index (χ2v) is 4.94. The molecule has 0 fully saturated rings. The van der Waals surface area contributed by atoms with E-state index in [1.54, 1.807) is 0 Å². The van der Waals surface area contributed by atoms with Gasteiger partial charge in [-0.05, 0) is 37.5 Å². The first-order chi connectivity index (χ1) is 8.19. The second-order valence-electron chi connectivity index (χ2n) is 4.50. The van der Waals surface area contributed by atoms with Gasteiger partial charge < -0.3 is 4.90 Å². The fourth-order valence-corrected chi connectivity index (χ4v) is 2.27. The molecule has 1 aromatic carbocycles. The van der Waals surface area contributed by atoms with Gasteiger partial charge in [-0.15, -0.1) is 0 Å². The van der Waals surface area contributed by atoms with Crippen molar-refractivity contribution < 1.29 is 4.79 Å². The van der Waals surface area contributed by atoms with Crippen molar-refractivity contribution in [3.8, 4) is 0 Å². The van der Waals surface area contributed by atoms with Crippen LogP contribution in [-0.2, 0) is 11.2 Å². The topological polar surface area (TPSA) is 20.3 Å². The number of benzene rings is 1. The average Bonchev–Trinajstić information content (AvgIpc) is 2.32. The third-order valence-electron chi connectivity index (χ3n) is 3.16.